The van der Waals surface area contributed by atoms with Crippen LogP contribution in [-0.2, 0) is 16.1 Å². The van der Waals surface area contributed by atoms with Crippen LogP contribution >= 0.6 is 0 Å². The van der Waals surface area contributed by atoms with Crippen LogP contribution in [0.2, 0.25) is 0 Å². The molecule has 0 aliphatic carbocycles. The van der Waals surface area contributed by atoms with Crippen molar-refractivity contribution in [2.24, 2.45) is 0 Å². The van der Waals surface area contributed by atoms with Gasteiger partial charge >= 0.3 is 0 Å². The molecule has 0 radical (unpaired) electrons. The average molecular weight is 473 g/mol. The van der Waals surface area contributed by atoms with E-state index in [2.05, 4.69) is 4.98 Å². The Labute approximate surface area is 204 Å². The van der Waals surface area contributed by atoms with E-state index in [1.807, 2.05) is 26.8 Å². The van der Waals surface area contributed by atoms with Crippen molar-refractivity contribution < 1.29 is 24.5 Å². The molecule has 2 aromatic carbocycles. The Kier molecular flexibility index (Phi) is 6.60. The molecular weight excluding hydrogens is 444 g/mol. The van der Waals surface area contributed by atoms with Crippen LogP contribution in [0.25, 0.3) is 5.76 Å². The topological polar surface area (TPSA) is 100.0 Å². The van der Waals surface area contributed by atoms with E-state index in [4.69, 9.17) is 4.74 Å². The number of phenols is 1. The van der Waals surface area contributed by atoms with Crippen LogP contribution in [0.1, 0.15) is 53.8 Å². The van der Waals surface area contributed by atoms with Crippen molar-refractivity contribution in [2.45, 2.75) is 39.3 Å². The number of rotatable bonds is 6. The van der Waals surface area contributed by atoms with Gasteiger partial charge in [0.05, 0.1) is 31.0 Å². The highest BCUT2D eigenvalue weighted by Crippen LogP contribution is 2.42. The molecule has 4 rings (SSSR count). The zero-order chi connectivity index (χ0) is 25.3. The number of hydrogen-bond acceptors (Lipinski definition) is 6. The van der Waals surface area contributed by atoms with Crippen LogP contribution in [-0.4, -0.2) is 38.9 Å². The van der Waals surface area contributed by atoms with Crippen molar-refractivity contribution in [3.63, 3.8) is 0 Å². The number of likely N-dealkylation sites (tertiary alicyclic amines) is 1. The van der Waals surface area contributed by atoms with Gasteiger partial charge in [0.1, 0.15) is 17.3 Å². The van der Waals surface area contributed by atoms with Gasteiger partial charge in [-0.25, -0.2) is 0 Å². The number of ketones is 1. The number of aliphatic hydroxyl groups is 1. The third-order valence-electron chi connectivity index (χ3n) is 6.24. The lowest BCUT2D eigenvalue weighted by molar-refractivity contribution is -0.140. The van der Waals surface area contributed by atoms with Crippen LogP contribution in [0.4, 0.5) is 0 Å². The number of benzene rings is 2. The van der Waals surface area contributed by atoms with E-state index in [9.17, 15) is 19.8 Å². The largest absolute Gasteiger partial charge is 0.508 e. The summed E-state index contributed by atoms with van der Waals surface area (Å²) in [6.07, 6.45) is 1.61. The van der Waals surface area contributed by atoms with Crippen LogP contribution in [0.5, 0.6) is 11.5 Å². The van der Waals surface area contributed by atoms with Gasteiger partial charge in [-0.15, -0.1) is 0 Å². The average Bonchev–Trinajstić information content (AvgIpc) is 3.08. The normalized spacial score (nSPS) is 17.3. The number of aromatic hydroxyl groups is 1. The molecule has 7 heteroatoms. The molecule has 180 valence electrons. The van der Waals surface area contributed by atoms with Crippen molar-refractivity contribution in [1.29, 1.82) is 0 Å². The number of methoxy groups -OCH3 is 1. The summed E-state index contributed by atoms with van der Waals surface area (Å²) >= 11 is 0. The Hall–Kier alpha value is -4.13. The van der Waals surface area contributed by atoms with Crippen molar-refractivity contribution >= 4 is 17.4 Å². The standard InChI is InChI=1S/C28H28N2O5/c1-16(2)21-14-22(17(3)12-23(21)35-4)26(32)24-25(18-8-7-10-20(31)13-18)30(28(34)27(24)33)15-19-9-5-6-11-29-19/h5-14,16,25,31-32H,15H2,1-4H3/b26-24+. The summed E-state index contributed by atoms with van der Waals surface area (Å²) in [7, 11) is 1.59. The Morgan fingerprint density at radius 3 is 2.51 bits per heavy atom. The van der Waals surface area contributed by atoms with E-state index in [-0.39, 0.29) is 29.5 Å². The van der Waals surface area contributed by atoms with Crippen LogP contribution in [0.3, 0.4) is 0 Å². The first-order chi connectivity index (χ1) is 16.7. The maximum Gasteiger partial charge on any atom is 0.296 e. The van der Waals surface area contributed by atoms with Crippen LogP contribution < -0.4 is 4.74 Å². The van der Waals surface area contributed by atoms with Crippen LogP contribution in [0, 0.1) is 6.92 Å². The van der Waals surface area contributed by atoms with Crippen molar-refractivity contribution in [1.82, 2.24) is 9.88 Å². The molecule has 0 saturated carbocycles. The molecule has 3 aromatic rings. The maximum atomic E-state index is 13.3. The number of aromatic nitrogens is 1. The number of aryl methyl sites for hydroxylation is 1. The van der Waals surface area contributed by atoms with Gasteiger partial charge in [-0.2, -0.15) is 0 Å². The minimum Gasteiger partial charge on any atom is -0.508 e. The number of ether oxygens (including phenoxy) is 1. The quantitative estimate of drug-likeness (QED) is 0.302. The smallest absolute Gasteiger partial charge is 0.296 e. The number of carbonyl (C=O) groups is 2. The first-order valence-corrected chi connectivity index (χ1v) is 11.4. The highest BCUT2D eigenvalue weighted by Gasteiger charge is 2.46. The number of hydrogen-bond donors (Lipinski definition) is 2. The minimum atomic E-state index is -0.895. The van der Waals surface area contributed by atoms with E-state index in [0.29, 0.717) is 28.1 Å². The lowest BCUT2D eigenvalue weighted by Gasteiger charge is -2.25. The Bertz CT molecular complexity index is 1310. The number of pyridine rings is 1. The fourth-order valence-corrected chi connectivity index (χ4v) is 4.48. The predicted molar refractivity (Wildman–Crippen MR) is 132 cm³/mol. The lowest BCUT2D eigenvalue weighted by atomic mass is 9.91. The number of aliphatic hydroxyl groups excluding tert-OH is 1. The molecule has 2 N–H and O–H groups in total. The SMILES string of the molecule is COc1cc(C)c(/C(O)=C2\C(=O)C(=O)N(Cc3ccccn3)C2c2cccc(O)c2)cc1C(C)C. The maximum absolute atomic E-state index is 13.3. The van der Waals surface area contributed by atoms with Gasteiger partial charge in [0, 0.05) is 11.8 Å². The molecule has 1 atom stereocenters. The number of Topliss-reactive ketones (excluding diaryl/α,β-unsaturated/α-hetero) is 1. The second kappa shape index (κ2) is 9.62. The summed E-state index contributed by atoms with van der Waals surface area (Å²) in [6.45, 7) is 5.90. The number of phenolic OH excluding ortho intramolecular Hbond substituents is 1. The fourth-order valence-electron chi connectivity index (χ4n) is 4.48. The third kappa shape index (κ3) is 4.49. The molecule has 1 unspecified atom stereocenters. The Balaban J connectivity index is 1.93. The molecule has 1 amide bonds. The summed E-state index contributed by atoms with van der Waals surface area (Å²) in [5.41, 5.74) is 3.11. The van der Waals surface area contributed by atoms with Crippen molar-refractivity contribution in [2.75, 3.05) is 7.11 Å². The second-order valence-corrected chi connectivity index (χ2v) is 8.91. The van der Waals surface area contributed by atoms with Gasteiger partial charge in [0.25, 0.3) is 11.7 Å². The van der Waals surface area contributed by atoms with Gasteiger partial charge in [0.15, 0.2) is 0 Å². The molecular formula is C28H28N2O5. The predicted octanol–water partition coefficient (Wildman–Crippen LogP) is 4.85. The van der Waals surface area contributed by atoms with Gasteiger partial charge in [0.2, 0.25) is 0 Å². The van der Waals surface area contributed by atoms with E-state index in [0.717, 1.165) is 5.56 Å². The highest BCUT2D eigenvalue weighted by molar-refractivity contribution is 6.46. The minimum absolute atomic E-state index is 0.00588. The summed E-state index contributed by atoms with van der Waals surface area (Å²) in [4.78, 5) is 32.2. The monoisotopic (exact) mass is 472 g/mol. The molecule has 1 fully saturated rings. The van der Waals surface area contributed by atoms with Gasteiger partial charge in [-0.3, -0.25) is 14.6 Å². The van der Waals surface area contributed by atoms with E-state index in [1.165, 1.54) is 17.0 Å². The molecule has 1 aliphatic rings. The molecule has 35 heavy (non-hydrogen) atoms. The second-order valence-electron chi connectivity index (χ2n) is 8.91. The molecule has 7 nitrogen and oxygen atoms in total. The molecule has 1 aromatic heterocycles. The third-order valence-corrected chi connectivity index (χ3v) is 6.24. The molecule has 1 saturated heterocycles. The number of amides is 1. The molecule has 0 bridgehead atoms. The number of nitrogens with zero attached hydrogens (tertiary/aromatic N) is 2. The van der Waals surface area contributed by atoms with Crippen molar-refractivity contribution in [3.05, 3.63) is 94.3 Å². The fraction of sp³-hybridized carbons (Fsp3) is 0.250. The van der Waals surface area contributed by atoms with Crippen LogP contribution in [0.15, 0.2) is 66.4 Å². The van der Waals surface area contributed by atoms with E-state index >= 15 is 0 Å². The van der Waals surface area contributed by atoms with Gasteiger partial charge < -0.3 is 19.8 Å². The highest BCUT2D eigenvalue weighted by atomic mass is 16.5. The zero-order valence-electron chi connectivity index (χ0n) is 20.1. The Morgan fingerprint density at radius 2 is 1.89 bits per heavy atom. The summed E-state index contributed by atoms with van der Waals surface area (Å²) in [6, 6.07) is 14.4. The Morgan fingerprint density at radius 1 is 1.11 bits per heavy atom. The van der Waals surface area contributed by atoms with E-state index < -0.39 is 17.7 Å². The lowest BCUT2D eigenvalue weighted by Crippen LogP contribution is -2.29. The molecule has 2 heterocycles. The first-order valence-electron chi connectivity index (χ1n) is 11.4. The summed E-state index contributed by atoms with van der Waals surface area (Å²) < 4.78 is 5.51. The molecule has 1 aliphatic heterocycles. The van der Waals surface area contributed by atoms with Gasteiger partial charge in [-0.05, 0) is 65.9 Å². The summed E-state index contributed by atoms with van der Waals surface area (Å²) in [5.74, 6) is -0.996. The number of carbonyl (C=O) groups excluding carboxylic acids is 2. The van der Waals surface area contributed by atoms with E-state index in [1.54, 1.807) is 49.7 Å². The zero-order valence-corrected chi connectivity index (χ0v) is 20.1. The first kappa shape index (κ1) is 24.0. The molecule has 0 spiro atoms. The van der Waals surface area contributed by atoms with Crippen molar-refractivity contribution in [3.8, 4) is 11.5 Å². The van der Waals surface area contributed by atoms with Gasteiger partial charge in [-0.1, -0.05) is 32.0 Å². The summed E-state index contributed by atoms with van der Waals surface area (Å²) in [5, 5.41) is 21.6.